The average Bonchev–Trinajstić information content (AvgIpc) is 1.83. The molecule has 3 heteroatoms. The van der Waals surface area contributed by atoms with Gasteiger partial charge in [-0.1, -0.05) is 6.92 Å². The average molecular weight is 141 g/mol. The number of hydrogen-bond acceptors (Lipinski definition) is 3. The number of nitrogens with zero attached hydrogens (tertiary/aromatic N) is 1. The van der Waals surface area contributed by atoms with E-state index < -0.39 is 0 Å². The van der Waals surface area contributed by atoms with Crippen molar-refractivity contribution in [2.75, 3.05) is 13.2 Å². The van der Waals surface area contributed by atoms with E-state index in [9.17, 15) is 4.79 Å². The summed E-state index contributed by atoms with van der Waals surface area (Å²) in [6, 6.07) is 0.0405. The lowest BCUT2D eigenvalue weighted by Gasteiger charge is -2.40. The first-order chi connectivity index (χ1) is 4.69. The van der Waals surface area contributed by atoms with Crippen LogP contribution in [0.1, 0.15) is 13.8 Å². The van der Waals surface area contributed by atoms with Crippen molar-refractivity contribution in [3.8, 4) is 0 Å². The molecule has 1 aliphatic rings. The van der Waals surface area contributed by atoms with Crippen LogP contribution in [0.4, 0.5) is 0 Å². The smallest absolute Gasteiger partial charge is 0.235 e. The zero-order chi connectivity index (χ0) is 7.61. The Bertz CT molecular complexity index is 168. The van der Waals surface area contributed by atoms with Crippen LogP contribution in [-0.2, 0) is 9.53 Å². The minimum atomic E-state index is 0.0405. The molecule has 1 rings (SSSR count). The molecule has 0 amide bonds. The number of carbonyl (C=O) groups excluding carboxylic acids is 1. The predicted molar refractivity (Wildman–Crippen MR) is 36.5 cm³/mol. The zero-order valence-electron chi connectivity index (χ0n) is 6.26. The Morgan fingerprint density at radius 1 is 1.70 bits per heavy atom. The highest BCUT2D eigenvalue weighted by Gasteiger charge is 2.38. The van der Waals surface area contributed by atoms with Gasteiger partial charge in [-0.15, -0.1) is 0 Å². The SMILES string of the molecule is CC(N=C=O)C1(C)COC1. The van der Waals surface area contributed by atoms with Crippen LogP contribution in [0.15, 0.2) is 4.99 Å². The van der Waals surface area contributed by atoms with Gasteiger partial charge in [0.2, 0.25) is 6.08 Å². The van der Waals surface area contributed by atoms with Gasteiger partial charge in [0.25, 0.3) is 0 Å². The zero-order valence-corrected chi connectivity index (χ0v) is 6.26. The Kier molecular flexibility index (Phi) is 1.88. The lowest BCUT2D eigenvalue weighted by molar-refractivity contribution is -0.111. The van der Waals surface area contributed by atoms with Crippen LogP contribution < -0.4 is 0 Å². The third kappa shape index (κ3) is 1.11. The van der Waals surface area contributed by atoms with Gasteiger partial charge in [0, 0.05) is 5.41 Å². The van der Waals surface area contributed by atoms with Gasteiger partial charge in [0.15, 0.2) is 0 Å². The molecule has 0 N–H and O–H groups in total. The number of hydrogen-bond donors (Lipinski definition) is 0. The maximum Gasteiger partial charge on any atom is 0.235 e. The summed E-state index contributed by atoms with van der Waals surface area (Å²) in [5.74, 6) is 0. The highest BCUT2D eigenvalue weighted by molar-refractivity contribution is 5.33. The standard InChI is InChI=1S/C7H11NO2/c1-6(8-5-9)7(2)3-10-4-7/h6H,3-4H2,1-2H3. The molecule has 0 aromatic heterocycles. The van der Waals surface area contributed by atoms with Crippen molar-refractivity contribution < 1.29 is 9.53 Å². The summed E-state index contributed by atoms with van der Waals surface area (Å²) in [6.45, 7) is 5.38. The highest BCUT2D eigenvalue weighted by atomic mass is 16.5. The van der Waals surface area contributed by atoms with Gasteiger partial charge in [-0.05, 0) is 6.92 Å². The Balaban J connectivity index is 2.54. The molecule has 1 unspecified atom stereocenters. The molecule has 1 atom stereocenters. The Hall–Kier alpha value is -0.660. The molecule has 0 bridgehead atoms. The van der Waals surface area contributed by atoms with Crippen molar-refractivity contribution in [1.82, 2.24) is 0 Å². The third-order valence-corrected chi connectivity index (χ3v) is 2.12. The van der Waals surface area contributed by atoms with Crippen molar-refractivity contribution in [3.05, 3.63) is 0 Å². The van der Waals surface area contributed by atoms with Gasteiger partial charge in [-0.25, -0.2) is 9.79 Å². The number of ether oxygens (including phenoxy) is 1. The van der Waals surface area contributed by atoms with Gasteiger partial charge in [0.05, 0.1) is 19.3 Å². The Labute approximate surface area is 60.1 Å². The van der Waals surface area contributed by atoms with Crippen LogP contribution in [0.3, 0.4) is 0 Å². The van der Waals surface area contributed by atoms with Crippen LogP contribution >= 0.6 is 0 Å². The van der Waals surface area contributed by atoms with Crippen molar-refractivity contribution in [2.24, 2.45) is 10.4 Å². The molecule has 1 aliphatic heterocycles. The molecular formula is C7H11NO2. The van der Waals surface area contributed by atoms with E-state index in [0.29, 0.717) is 13.2 Å². The molecule has 0 saturated carbocycles. The Morgan fingerprint density at radius 2 is 2.30 bits per heavy atom. The summed E-state index contributed by atoms with van der Waals surface area (Å²) >= 11 is 0. The van der Waals surface area contributed by atoms with Crippen LogP contribution in [-0.4, -0.2) is 25.3 Å². The second-order valence-electron chi connectivity index (χ2n) is 3.04. The van der Waals surface area contributed by atoms with E-state index in [1.807, 2.05) is 6.92 Å². The van der Waals surface area contributed by atoms with Gasteiger partial charge in [-0.2, -0.15) is 0 Å². The van der Waals surface area contributed by atoms with Gasteiger partial charge in [-0.3, -0.25) is 0 Å². The van der Waals surface area contributed by atoms with Crippen molar-refractivity contribution in [2.45, 2.75) is 19.9 Å². The molecule has 0 aromatic rings. The van der Waals surface area contributed by atoms with E-state index in [2.05, 4.69) is 11.9 Å². The second-order valence-corrected chi connectivity index (χ2v) is 3.04. The minimum absolute atomic E-state index is 0.0405. The fourth-order valence-corrected chi connectivity index (χ4v) is 0.900. The molecule has 0 spiro atoms. The molecule has 0 aliphatic carbocycles. The summed E-state index contributed by atoms with van der Waals surface area (Å²) < 4.78 is 5.02. The normalized spacial score (nSPS) is 24.2. The molecule has 1 heterocycles. The molecule has 0 radical (unpaired) electrons. The van der Waals surface area contributed by atoms with Gasteiger partial charge >= 0.3 is 0 Å². The predicted octanol–water partition coefficient (Wildman–Crippen LogP) is 0.747. The number of rotatable bonds is 2. The Morgan fingerprint density at radius 3 is 2.60 bits per heavy atom. The van der Waals surface area contributed by atoms with Gasteiger partial charge < -0.3 is 4.74 Å². The monoisotopic (exact) mass is 141 g/mol. The van der Waals surface area contributed by atoms with Crippen molar-refractivity contribution >= 4 is 6.08 Å². The fourth-order valence-electron chi connectivity index (χ4n) is 0.900. The first-order valence-electron chi connectivity index (χ1n) is 3.34. The van der Waals surface area contributed by atoms with Crippen LogP contribution in [0.5, 0.6) is 0 Å². The lowest BCUT2D eigenvalue weighted by Crippen LogP contribution is -2.47. The first kappa shape index (κ1) is 7.45. The highest BCUT2D eigenvalue weighted by Crippen LogP contribution is 2.31. The number of aliphatic imine (C=N–C) groups is 1. The lowest BCUT2D eigenvalue weighted by atomic mass is 9.82. The van der Waals surface area contributed by atoms with Crippen LogP contribution in [0.2, 0.25) is 0 Å². The van der Waals surface area contributed by atoms with E-state index in [-0.39, 0.29) is 11.5 Å². The molecule has 1 fully saturated rings. The number of isocyanates is 1. The molecule has 10 heavy (non-hydrogen) atoms. The third-order valence-electron chi connectivity index (χ3n) is 2.12. The maximum absolute atomic E-state index is 9.87. The molecule has 56 valence electrons. The largest absolute Gasteiger partial charge is 0.380 e. The van der Waals surface area contributed by atoms with Crippen LogP contribution in [0.25, 0.3) is 0 Å². The van der Waals surface area contributed by atoms with E-state index >= 15 is 0 Å². The van der Waals surface area contributed by atoms with Crippen molar-refractivity contribution in [1.29, 1.82) is 0 Å². The quantitative estimate of drug-likeness (QED) is 0.420. The summed E-state index contributed by atoms with van der Waals surface area (Å²) in [5.41, 5.74) is 0.0808. The molecule has 1 saturated heterocycles. The summed E-state index contributed by atoms with van der Waals surface area (Å²) in [5, 5.41) is 0. The topological polar surface area (TPSA) is 38.7 Å². The molecular weight excluding hydrogens is 130 g/mol. The summed E-state index contributed by atoms with van der Waals surface area (Å²) in [6.07, 6.45) is 1.56. The fraction of sp³-hybridized carbons (Fsp3) is 0.857. The summed E-state index contributed by atoms with van der Waals surface area (Å²) in [7, 11) is 0. The van der Waals surface area contributed by atoms with E-state index in [1.54, 1.807) is 6.08 Å². The van der Waals surface area contributed by atoms with Crippen LogP contribution in [0, 0.1) is 5.41 Å². The van der Waals surface area contributed by atoms with E-state index in [0.717, 1.165) is 0 Å². The molecule has 0 aromatic carbocycles. The second kappa shape index (κ2) is 2.52. The van der Waals surface area contributed by atoms with E-state index in [1.165, 1.54) is 0 Å². The summed E-state index contributed by atoms with van der Waals surface area (Å²) in [4.78, 5) is 13.5. The maximum atomic E-state index is 9.87. The van der Waals surface area contributed by atoms with Gasteiger partial charge in [0.1, 0.15) is 0 Å². The van der Waals surface area contributed by atoms with E-state index in [4.69, 9.17) is 4.74 Å². The first-order valence-corrected chi connectivity index (χ1v) is 3.34. The minimum Gasteiger partial charge on any atom is -0.380 e. The van der Waals surface area contributed by atoms with Crippen molar-refractivity contribution in [3.63, 3.8) is 0 Å². The molecule has 3 nitrogen and oxygen atoms in total.